The first-order valence-electron chi connectivity index (χ1n) is 8.72. The van der Waals surface area contributed by atoms with Crippen molar-refractivity contribution >= 4 is 5.91 Å². The molecular weight excluding hydrogens is 306 g/mol. The van der Waals surface area contributed by atoms with Crippen LogP contribution in [0.1, 0.15) is 59.5 Å². The quantitative estimate of drug-likeness (QED) is 0.780. The van der Waals surface area contributed by atoms with Gasteiger partial charge in [0.2, 0.25) is 5.82 Å². The molecule has 128 valence electrons. The highest BCUT2D eigenvalue weighted by molar-refractivity contribution is 5.90. The summed E-state index contributed by atoms with van der Waals surface area (Å²) in [7, 11) is 0. The minimum atomic E-state index is -0.0639. The van der Waals surface area contributed by atoms with E-state index in [2.05, 4.69) is 36.8 Å². The van der Waals surface area contributed by atoms with Crippen LogP contribution in [0.15, 0.2) is 12.4 Å². The number of likely N-dealkylation sites (tertiary alicyclic amines) is 1. The Morgan fingerprint density at radius 3 is 2.58 bits per heavy atom. The summed E-state index contributed by atoms with van der Waals surface area (Å²) in [4.78, 5) is 18.1. The SMILES string of the molecule is O=C(c1ncn[nH]1)N1CCC(c2cc(C3CCNCC3)n[nH]2)CC1. The van der Waals surface area contributed by atoms with Crippen molar-refractivity contribution in [3.63, 3.8) is 0 Å². The Hall–Kier alpha value is -2.22. The van der Waals surface area contributed by atoms with Gasteiger partial charge in [0.05, 0.1) is 5.69 Å². The lowest BCUT2D eigenvalue weighted by atomic mass is 9.90. The molecule has 0 spiro atoms. The van der Waals surface area contributed by atoms with Gasteiger partial charge in [0.1, 0.15) is 6.33 Å². The van der Waals surface area contributed by atoms with E-state index in [-0.39, 0.29) is 5.91 Å². The zero-order chi connectivity index (χ0) is 16.4. The van der Waals surface area contributed by atoms with Crippen molar-refractivity contribution in [3.05, 3.63) is 29.6 Å². The summed E-state index contributed by atoms with van der Waals surface area (Å²) in [5.74, 6) is 1.28. The van der Waals surface area contributed by atoms with Gasteiger partial charge < -0.3 is 10.2 Å². The van der Waals surface area contributed by atoms with Crippen molar-refractivity contribution in [2.24, 2.45) is 0 Å². The third-order valence-corrected chi connectivity index (χ3v) is 5.21. The molecular formula is C16H23N7O. The zero-order valence-corrected chi connectivity index (χ0v) is 13.7. The van der Waals surface area contributed by atoms with Crippen molar-refractivity contribution in [3.8, 4) is 0 Å². The lowest BCUT2D eigenvalue weighted by molar-refractivity contribution is 0.0700. The maximum atomic E-state index is 12.3. The van der Waals surface area contributed by atoms with Crippen molar-refractivity contribution < 1.29 is 4.79 Å². The molecule has 0 unspecified atom stereocenters. The number of nitrogens with one attached hydrogen (secondary N) is 3. The smallest absolute Gasteiger partial charge is 0.291 e. The van der Waals surface area contributed by atoms with Crippen LogP contribution in [-0.2, 0) is 0 Å². The second-order valence-electron chi connectivity index (χ2n) is 6.67. The number of H-pyrrole nitrogens is 2. The van der Waals surface area contributed by atoms with E-state index in [1.807, 2.05) is 4.90 Å². The van der Waals surface area contributed by atoms with Gasteiger partial charge in [0.25, 0.3) is 5.91 Å². The van der Waals surface area contributed by atoms with E-state index < -0.39 is 0 Å². The van der Waals surface area contributed by atoms with Crippen molar-refractivity contribution in [1.29, 1.82) is 0 Å². The van der Waals surface area contributed by atoms with E-state index in [9.17, 15) is 4.79 Å². The summed E-state index contributed by atoms with van der Waals surface area (Å²) in [5.41, 5.74) is 2.42. The summed E-state index contributed by atoms with van der Waals surface area (Å²) in [5, 5.41) is 17.6. The molecule has 2 aliphatic heterocycles. The van der Waals surface area contributed by atoms with Gasteiger partial charge in [0.15, 0.2) is 0 Å². The number of amides is 1. The average Bonchev–Trinajstić information content (AvgIpc) is 3.34. The van der Waals surface area contributed by atoms with Crippen LogP contribution in [0.25, 0.3) is 0 Å². The molecule has 0 radical (unpaired) electrons. The molecule has 2 aromatic rings. The normalized spacial score (nSPS) is 20.4. The van der Waals surface area contributed by atoms with Gasteiger partial charge in [-0.25, -0.2) is 4.98 Å². The van der Waals surface area contributed by atoms with Gasteiger partial charge in [-0.2, -0.15) is 10.2 Å². The highest BCUT2D eigenvalue weighted by Crippen LogP contribution is 2.30. The Morgan fingerprint density at radius 2 is 1.88 bits per heavy atom. The average molecular weight is 329 g/mol. The van der Waals surface area contributed by atoms with E-state index >= 15 is 0 Å². The van der Waals surface area contributed by atoms with Crippen LogP contribution in [-0.4, -0.2) is 62.4 Å². The summed E-state index contributed by atoms with van der Waals surface area (Å²) in [6.45, 7) is 3.64. The number of rotatable bonds is 3. The number of piperidine rings is 2. The lowest BCUT2D eigenvalue weighted by Gasteiger charge is -2.30. The second kappa shape index (κ2) is 6.72. The molecule has 4 heterocycles. The molecule has 2 aromatic heterocycles. The van der Waals surface area contributed by atoms with E-state index in [4.69, 9.17) is 0 Å². The minimum Gasteiger partial charge on any atom is -0.336 e. The fourth-order valence-corrected chi connectivity index (χ4v) is 3.74. The Kier molecular flexibility index (Phi) is 4.29. The standard InChI is InChI=1S/C16H23N7O/c24-16(15-18-10-19-22-15)23-7-3-12(4-8-23)14-9-13(20-21-14)11-1-5-17-6-2-11/h9-12,17H,1-8H2,(H,20,21)(H,18,19,22). The molecule has 0 saturated carbocycles. The lowest BCUT2D eigenvalue weighted by Crippen LogP contribution is -2.38. The van der Waals surface area contributed by atoms with Gasteiger partial charge >= 0.3 is 0 Å². The fraction of sp³-hybridized carbons (Fsp3) is 0.625. The third-order valence-electron chi connectivity index (χ3n) is 5.21. The van der Waals surface area contributed by atoms with Crippen molar-refractivity contribution in [1.82, 2.24) is 35.6 Å². The van der Waals surface area contributed by atoms with E-state index in [1.165, 1.54) is 17.7 Å². The van der Waals surface area contributed by atoms with Crippen LogP contribution in [0.5, 0.6) is 0 Å². The molecule has 0 aliphatic carbocycles. The number of carbonyl (C=O) groups is 1. The molecule has 8 nitrogen and oxygen atoms in total. The molecule has 2 saturated heterocycles. The summed E-state index contributed by atoms with van der Waals surface area (Å²) in [6.07, 6.45) is 5.59. The number of hydrogen-bond acceptors (Lipinski definition) is 5. The molecule has 0 bridgehead atoms. The first-order chi connectivity index (χ1) is 11.8. The predicted molar refractivity (Wildman–Crippen MR) is 87.7 cm³/mol. The van der Waals surface area contributed by atoms with E-state index in [0.29, 0.717) is 17.7 Å². The molecule has 0 aromatic carbocycles. The molecule has 4 rings (SSSR count). The van der Waals surface area contributed by atoms with Crippen LogP contribution >= 0.6 is 0 Å². The number of aromatic amines is 2. The first kappa shape index (κ1) is 15.3. The topological polar surface area (TPSA) is 103 Å². The number of hydrogen-bond donors (Lipinski definition) is 3. The zero-order valence-electron chi connectivity index (χ0n) is 13.7. The second-order valence-corrected chi connectivity index (χ2v) is 6.67. The van der Waals surface area contributed by atoms with Crippen LogP contribution in [0.2, 0.25) is 0 Å². The Labute approximate surface area is 140 Å². The van der Waals surface area contributed by atoms with Gasteiger partial charge in [0, 0.05) is 30.6 Å². The number of aromatic nitrogens is 5. The molecule has 2 fully saturated rings. The van der Waals surface area contributed by atoms with Crippen molar-refractivity contribution in [2.45, 2.75) is 37.5 Å². The van der Waals surface area contributed by atoms with E-state index in [0.717, 1.165) is 51.9 Å². The highest BCUT2D eigenvalue weighted by atomic mass is 16.2. The summed E-state index contributed by atoms with van der Waals surface area (Å²) in [6, 6.07) is 2.24. The molecule has 0 atom stereocenters. The van der Waals surface area contributed by atoms with Crippen LogP contribution < -0.4 is 5.32 Å². The number of nitrogens with zero attached hydrogens (tertiary/aromatic N) is 4. The summed E-state index contributed by atoms with van der Waals surface area (Å²) < 4.78 is 0. The first-order valence-corrected chi connectivity index (χ1v) is 8.72. The van der Waals surface area contributed by atoms with Crippen molar-refractivity contribution in [2.75, 3.05) is 26.2 Å². The van der Waals surface area contributed by atoms with Gasteiger partial charge in [-0.3, -0.25) is 15.0 Å². The Balaban J connectivity index is 1.36. The maximum absolute atomic E-state index is 12.3. The molecule has 8 heteroatoms. The number of carbonyl (C=O) groups excluding carboxylic acids is 1. The van der Waals surface area contributed by atoms with Crippen LogP contribution in [0.3, 0.4) is 0 Å². The fourth-order valence-electron chi connectivity index (χ4n) is 3.74. The van der Waals surface area contributed by atoms with Crippen LogP contribution in [0, 0.1) is 0 Å². The maximum Gasteiger partial charge on any atom is 0.291 e. The monoisotopic (exact) mass is 329 g/mol. The third kappa shape index (κ3) is 3.06. The molecule has 3 N–H and O–H groups in total. The van der Waals surface area contributed by atoms with Gasteiger partial charge in [-0.05, 0) is 44.8 Å². The Bertz CT molecular complexity index is 666. The minimum absolute atomic E-state index is 0.0639. The Morgan fingerprint density at radius 1 is 1.08 bits per heavy atom. The highest BCUT2D eigenvalue weighted by Gasteiger charge is 2.27. The van der Waals surface area contributed by atoms with Crippen LogP contribution in [0.4, 0.5) is 0 Å². The largest absolute Gasteiger partial charge is 0.336 e. The molecule has 2 aliphatic rings. The predicted octanol–water partition coefficient (Wildman–Crippen LogP) is 1.01. The van der Waals surface area contributed by atoms with E-state index in [1.54, 1.807) is 0 Å². The molecule has 24 heavy (non-hydrogen) atoms. The van der Waals surface area contributed by atoms with Gasteiger partial charge in [-0.15, -0.1) is 0 Å². The van der Waals surface area contributed by atoms with Gasteiger partial charge in [-0.1, -0.05) is 0 Å². The summed E-state index contributed by atoms with van der Waals surface area (Å²) >= 11 is 0. The molecule has 1 amide bonds.